The number of anilines is 1. The highest BCUT2D eigenvalue weighted by molar-refractivity contribution is 6.34. The summed E-state index contributed by atoms with van der Waals surface area (Å²) in [6.07, 6.45) is 0. The number of carbonyl (C=O) groups excluding carboxylic acids is 2. The SMILES string of the molecule is COCCNC(=O)c1ccc(Cl)c(NC(=O)C(C)c2c(C)nn(C)c2C)c1. The van der Waals surface area contributed by atoms with E-state index in [1.807, 2.05) is 27.8 Å². The first-order valence-electron chi connectivity index (χ1n) is 8.63. The molecule has 2 N–H and O–H groups in total. The van der Waals surface area contributed by atoms with Crippen LogP contribution in [0.5, 0.6) is 0 Å². The van der Waals surface area contributed by atoms with Gasteiger partial charge >= 0.3 is 0 Å². The van der Waals surface area contributed by atoms with Crippen LogP contribution in [0.3, 0.4) is 0 Å². The third-order valence-electron chi connectivity index (χ3n) is 4.47. The zero-order valence-corrected chi connectivity index (χ0v) is 17.0. The van der Waals surface area contributed by atoms with Crippen molar-refractivity contribution in [3.63, 3.8) is 0 Å². The number of aromatic nitrogens is 2. The summed E-state index contributed by atoms with van der Waals surface area (Å²) in [5.41, 5.74) is 3.45. The van der Waals surface area contributed by atoms with E-state index in [9.17, 15) is 9.59 Å². The van der Waals surface area contributed by atoms with Gasteiger partial charge in [-0.25, -0.2) is 0 Å². The summed E-state index contributed by atoms with van der Waals surface area (Å²) in [6.45, 7) is 6.45. The summed E-state index contributed by atoms with van der Waals surface area (Å²) in [7, 11) is 3.41. The molecule has 2 aromatic rings. The maximum atomic E-state index is 12.7. The lowest BCUT2D eigenvalue weighted by molar-refractivity contribution is -0.117. The molecule has 8 heteroatoms. The van der Waals surface area contributed by atoms with E-state index >= 15 is 0 Å². The maximum absolute atomic E-state index is 12.7. The van der Waals surface area contributed by atoms with Crippen molar-refractivity contribution >= 4 is 29.1 Å². The van der Waals surface area contributed by atoms with Crippen LogP contribution in [0.25, 0.3) is 0 Å². The Morgan fingerprint density at radius 3 is 2.63 bits per heavy atom. The molecular formula is C19H25ClN4O3. The van der Waals surface area contributed by atoms with Gasteiger partial charge < -0.3 is 15.4 Å². The lowest BCUT2D eigenvalue weighted by Gasteiger charge is -2.15. The third kappa shape index (κ3) is 4.87. The second-order valence-corrected chi connectivity index (χ2v) is 6.77. The maximum Gasteiger partial charge on any atom is 0.251 e. The Labute approximate surface area is 164 Å². The Balaban J connectivity index is 2.17. The predicted molar refractivity (Wildman–Crippen MR) is 105 cm³/mol. The van der Waals surface area contributed by atoms with Gasteiger partial charge in [0, 0.05) is 37.5 Å². The van der Waals surface area contributed by atoms with Crippen LogP contribution in [-0.2, 0) is 16.6 Å². The van der Waals surface area contributed by atoms with Gasteiger partial charge in [0.15, 0.2) is 0 Å². The van der Waals surface area contributed by atoms with Crippen molar-refractivity contribution in [2.45, 2.75) is 26.7 Å². The fourth-order valence-electron chi connectivity index (χ4n) is 2.92. The number of hydrogen-bond donors (Lipinski definition) is 2. The number of ether oxygens (including phenoxy) is 1. The number of rotatable bonds is 7. The first kappa shape index (κ1) is 20.9. The Bertz CT molecular complexity index is 848. The van der Waals surface area contributed by atoms with Crippen molar-refractivity contribution in [2.75, 3.05) is 25.6 Å². The van der Waals surface area contributed by atoms with Crippen LogP contribution in [0.15, 0.2) is 18.2 Å². The van der Waals surface area contributed by atoms with Gasteiger partial charge in [0.1, 0.15) is 0 Å². The van der Waals surface area contributed by atoms with Gasteiger partial charge in [-0.05, 0) is 39.0 Å². The summed E-state index contributed by atoms with van der Waals surface area (Å²) < 4.78 is 6.67. The molecule has 7 nitrogen and oxygen atoms in total. The Hall–Kier alpha value is -2.38. The van der Waals surface area contributed by atoms with Crippen LogP contribution in [0.2, 0.25) is 5.02 Å². The molecule has 1 atom stereocenters. The summed E-state index contributed by atoms with van der Waals surface area (Å²) in [4.78, 5) is 24.9. The van der Waals surface area contributed by atoms with Crippen molar-refractivity contribution in [3.05, 3.63) is 45.7 Å². The van der Waals surface area contributed by atoms with Crippen LogP contribution >= 0.6 is 11.6 Å². The van der Waals surface area contributed by atoms with Crippen molar-refractivity contribution in [2.24, 2.45) is 7.05 Å². The van der Waals surface area contributed by atoms with Gasteiger partial charge in [0.2, 0.25) is 5.91 Å². The minimum atomic E-state index is -0.408. The largest absolute Gasteiger partial charge is 0.383 e. The average Bonchev–Trinajstić information content (AvgIpc) is 2.88. The fraction of sp³-hybridized carbons (Fsp3) is 0.421. The normalized spacial score (nSPS) is 11.9. The Morgan fingerprint density at radius 1 is 1.33 bits per heavy atom. The van der Waals surface area contributed by atoms with E-state index in [-0.39, 0.29) is 11.8 Å². The van der Waals surface area contributed by atoms with Crippen LogP contribution in [0, 0.1) is 13.8 Å². The summed E-state index contributed by atoms with van der Waals surface area (Å²) in [5, 5.41) is 10.3. The highest BCUT2D eigenvalue weighted by atomic mass is 35.5. The minimum absolute atomic E-state index is 0.215. The average molecular weight is 393 g/mol. The van der Waals surface area contributed by atoms with Gasteiger partial charge in [-0.1, -0.05) is 11.6 Å². The first-order chi connectivity index (χ1) is 12.8. The monoisotopic (exact) mass is 392 g/mol. The van der Waals surface area contributed by atoms with Gasteiger partial charge in [0.05, 0.1) is 28.9 Å². The first-order valence-corrected chi connectivity index (χ1v) is 9.01. The Kier molecular flexibility index (Phi) is 6.98. The summed E-state index contributed by atoms with van der Waals surface area (Å²) in [5.74, 6) is -0.881. The van der Waals surface area contributed by atoms with Crippen LogP contribution in [-0.4, -0.2) is 41.9 Å². The molecule has 2 rings (SSSR count). The number of hydrogen-bond acceptors (Lipinski definition) is 4. The minimum Gasteiger partial charge on any atom is -0.383 e. The van der Waals surface area contributed by atoms with Gasteiger partial charge in [0.25, 0.3) is 5.91 Å². The highest BCUT2D eigenvalue weighted by Crippen LogP contribution is 2.27. The zero-order valence-electron chi connectivity index (χ0n) is 16.2. The Morgan fingerprint density at radius 2 is 2.04 bits per heavy atom. The number of aryl methyl sites for hydroxylation is 2. The second-order valence-electron chi connectivity index (χ2n) is 6.36. The molecule has 1 unspecified atom stereocenters. The van der Waals surface area contributed by atoms with E-state index in [1.54, 1.807) is 30.0 Å². The number of carbonyl (C=O) groups is 2. The number of nitrogens with one attached hydrogen (secondary N) is 2. The van der Waals surface area contributed by atoms with Crippen LogP contribution in [0.1, 0.15) is 40.2 Å². The molecule has 0 bridgehead atoms. The van der Waals surface area contributed by atoms with Crippen molar-refractivity contribution < 1.29 is 14.3 Å². The van der Waals surface area contributed by atoms with E-state index < -0.39 is 5.92 Å². The molecule has 0 saturated heterocycles. The van der Waals surface area contributed by atoms with E-state index in [0.717, 1.165) is 17.0 Å². The molecule has 0 aliphatic rings. The molecule has 0 radical (unpaired) electrons. The molecule has 2 amide bonds. The molecule has 1 aromatic heterocycles. The van der Waals surface area contributed by atoms with Crippen molar-refractivity contribution in [1.82, 2.24) is 15.1 Å². The third-order valence-corrected chi connectivity index (χ3v) is 4.80. The molecule has 0 aliphatic carbocycles. The van der Waals surface area contributed by atoms with Gasteiger partial charge in [-0.2, -0.15) is 5.10 Å². The van der Waals surface area contributed by atoms with E-state index in [1.165, 1.54) is 0 Å². The van der Waals surface area contributed by atoms with Gasteiger partial charge in [-0.3, -0.25) is 14.3 Å². The number of methoxy groups -OCH3 is 1. The van der Waals surface area contributed by atoms with E-state index in [4.69, 9.17) is 16.3 Å². The lowest BCUT2D eigenvalue weighted by atomic mass is 9.98. The number of halogens is 1. The molecule has 0 saturated carbocycles. The molecule has 1 heterocycles. The predicted octanol–water partition coefficient (Wildman–Crippen LogP) is 2.81. The number of benzene rings is 1. The molecule has 0 aliphatic heterocycles. The molecule has 27 heavy (non-hydrogen) atoms. The second kappa shape index (κ2) is 9.01. The van der Waals surface area contributed by atoms with E-state index in [0.29, 0.717) is 29.4 Å². The van der Waals surface area contributed by atoms with Gasteiger partial charge in [-0.15, -0.1) is 0 Å². The van der Waals surface area contributed by atoms with Crippen LogP contribution < -0.4 is 10.6 Å². The smallest absolute Gasteiger partial charge is 0.251 e. The zero-order chi connectivity index (χ0) is 20.1. The van der Waals surface area contributed by atoms with E-state index in [2.05, 4.69) is 15.7 Å². The number of nitrogens with zero attached hydrogens (tertiary/aromatic N) is 2. The molecular weight excluding hydrogens is 368 g/mol. The quantitative estimate of drug-likeness (QED) is 0.709. The lowest BCUT2D eigenvalue weighted by Crippen LogP contribution is -2.27. The standard InChI is InChI=1S/C19H25ClN4O3/c1-11(17-12(2)23-24(4)13(17)3)18(25)22-16-10-14(6-7-15(16)20)19(26)21-8-9-27-5/h6-7,10-11H,8-9H2,1-5H3,(H,21,26)(H,22,25). The fourth-order valence-corrected chi connectivity index (χ4v) is 3.08. The van der Waals surface area contributed by atoms with Crippen molar-refractivity contribution in [3.8, 4) is 0 Å². The molecule has 1 aromatic carbocycles. The number of amides is 2. The molecule has 0 fully saturated rings. The molecule has 0 spiro atoms. The summed E-state index contributed by atoms with van der Waals surface area (Å²) in [6, 6.07) is 4.77. The van der Waals surface area contributed by atoms with Crippen LogP contribution in [0.4, 0.5) is 5.69 Å². The molecule has 146 valence electrons. The topological polar surface area (TPSA) is 85.2 Å². The highest BCUT2D eigenvalue weighted by Gasteiger charge is 2.23. The summed E-state index contributed by atoms with van der Waals surface area (Å²) >= 11 is 6.21. The van der Waals surface area contributed by atoms with Crippen molar-refractivity contribution in [1.29, 1.82) is 0 Å².